The van der Waals surface area contributed by atoms with Crippen molar-refractivity contribution in [1.82, 2.24) is 15.1 Å². The molecule has 7 nitrogen and oxygen atoms in total. The maximum absolute atomic E-state index is 12.2. The van der Waals surface area contributed by atoms with Crippen LogP contribution in [0.5, 0.6) is 0 Å². The number of piperazine rings is 1. The molecule has 0 saturated carbocycles. The van der Waals surface area contributed by atoms with Gasteiger partial charge in [-0.1, -0.05) is 11.3 Å². The van der Waals surface area contributed by atoms with Crippen LogP contribution in [-0.2, 0) is 0 Å². The molecule has 1 N–H and O–H groups in total. The summed E-state index contributed by atoms with van der Waals surface area (Å²) in [6, 6.07) is 3.38. The Kier molecular flexibility index (Phi) is 3.68. The minimum absolute atomic E-state index is 0.0209. The predicted octanol–water partition coefficient (Wildman–Crippen LogP) is 0.386. The lowest BCUT2D eigenvalue weighted by atomic mass is 10.1. The quantitative estimate of drug-likeness (QED) is 0.644. The van der Waals surface area contributed by atoms with Gasteiger partial charge in [-0.3, -0.25) is 19.8 Å². The van der Waals surface area contributed by atoms with Crippen LogP contribution in [0.4, 0.5) is 5.00 Å². The molecule has 0 radical (unpaired) electrons. The van der Waals surface area contributed by atoms with E-state index in [1.54, 1.807) is 11.0 Å². The number of thiophene rings is 1. The van der Waals surface area contributed by atoms with Crippen molar-refractivity contribution < 1.29 is 9.72 Å². The highest BCUT2D eigenvalue weighted by Crippen LogP contribution is 2.27. The monoisotopic (exact) mass is 296 g/mol. The summed E-state index contributed by atoms with van der Waals surface area (Å²) < 4.78 is 0. The summed E-state index contributed by atoms with van der Waals surface area (Å²) in [6.45, 7) is 5.51. The van der Waals surface area contributed by atoms with Gasteiger partial charge in [-0.2, -0.15) is 0 Å². The SMILES string of the molecule is O=C(c1ccc([N+](=O)[O-])s1)N1CC(N2CCNCC2)C1. The van der Waals surface area contributed by atoms with Gasteiger partial charge < -0.3 is 10.2 Å². The summed E-state index contributed by atoms with van der Waals surface area (Å²) >= 11 is 0.950. The van der Waals surface area contributed by atoms with Crippen LogP contribution in [0.3, 0.4) is 0 Å². The third-order valence-corrected chi connectivity index (χ3v) is 4.82. The molecule has 8 heteroatoms. The fourth-order valence-electron chi connectivity index (χ4n) is 2.60. The van der Waals surface area contributed by atoms with Gasteiger partial charge in [0.15, 0.2) is 0 Å². The molecule has 3 rings (SSSR count). The summed E-state index contributed by atoms with van der Waals surface area (Å²) in [6.07, 6.45) is 0. The number of carbonyl (C=O) groups is 1. The van der Waals surface area contributed by atoms with E-state index in [0.29, 0.717) is 10.9 Å². The summed E-state index contributed by atoms with van der Waals surface area (Å²) in [5.41, 5.74) is 0. The van der Waals surface area contributed by atoms with Gasteiger partial charge in [0.1, 0.15) is 0 Å². The minimum atomic E-state index is -0.457. The average Bonchev–Trinajstić information content (AvgIpc) is 2.88. The van der Waals surface area contributed by atoms with Crippen molar-refractivity contribution in [2.45, 2.75) is 6.04 Å². The van der Waals surface area contributed by atoms with Gasteiger partial charge in [-0.15, -0.1) is 0 Å². The van der Waals surface area contributed by atoms with Gasteiger partial charge in [0.25, 0.3) is 5.91 Å². The van der Waals surface area contributed by atoms with Crippen molar-refractivity contribution in [3.05, 3.63) is 27.1 Å². The van der Waals surface area contributed by atoms with Crippen LogP contribution in [0.15, 0.2) is 12.1 Å². The van der Waals surface area contributed by atoms with E-state index >= 15 is 0 Å². The normalized spacial score (nSPS) is 20.7. The fraction of sp³-hybridized carbons (Fsp3) is 0.583. The molecule has 0 atom stereocenters. The Hall–Kier alpha value is -1.51. The number of nitrogens with one attached hydrogen (secondary N) is 1. The van der Waals surface area contributed by atoms with Crippen molar-refractivity contribution in [2.75, 3.05) is 39.3 Å². The third-order valence-electron chi connectivity index (χ3n) is 3.80. The number of hydrogen-bond donors (Lipinski definition) is 1. The summed E-state index contributed by atoms with van der Waals surface area (Å²) in [5, 5.41) is 14.0. The topological polar surface area (TPSA) is 78.7 Å². The maximum atomic E-state index is 12.2. The van der Waals surface area contributed by atoms with Crippen LogP contribution < -0.4 is 5.32 Å². The minimum Gasteiger partial charge on any atom is -0.335 e. The Labute approximate surface area is 120 Å². The van der Waals surface area contributed by atoms with Crippen LogP contribution in [0.1, 0.15) is 9.67 Å². The smallest absolute Gasteiger partial charge is 0.324 e. The first-order chi connectivity index (χ1) is 9.65. The lowest BCUT2D eigenvalue weighted by molar-refractivity contribution is -0.380. The lowest BCUT2D eigenvalue weighted by Gasteiger charge is -2.46. The molecule has 0 unspecified atom stereocenters. The number of nitrogens with zero attached hydrogens (tertiary/aromatic N) is 3. The predicted molar refractivity (Wildman–Crippen MR) is 75.1 cm³/mol. The van der Waals surface area contributed by atoms with E-state index in [0.717, 1.165) is 50.6 Å². The molecule has 20 heavy (non-hydrogen) atoms. The summed E-state index contributed by atoms with van der Waals surface area (Å²) in [4.78, 5) is 27.0. The van der Waals surface area contributed by atoms with Crippen molar-refractivity contribution in [2.24, 2.45) is 0 Å². The molecular formula is C12H16N4O3S. The van der Waals surface area contributed by atoms with Crippen molar-refractivity contribution in [1.29, 1.82) is 0 Å². The molecule has 2 aliphatic rings. The molecule has 2 saturated heterocycles. The second-order valence-corrected chi connectivity index (χ2v) is 6.11. The van der Waals surface area contributed by atoms with Crippen molar-refractivity contribution in [3.63, 3.8) is 0 Å². The van der Waals surface area contributed by atoms with Gasteiger partial charge in [0.05, 0.1) is 9.80 Å². The number of amides is 1. The summed E-state index contributed by atoms with van der Waals surface area (Å²) in [7, 11) is 0. The molecule has 0 bridgehead atoms. The van der Waals surface area contributed by atoms with E-state index in [9.17, 15) is 14.9 Å². The van der Waals surface area contributed by atoms with E-state index in [-0.39, 0.29) is 10.9 Å². The lowest BCUT2D eigenvalue weighted by Crippen LogP contribution is -2.63. The zero-order chi connectivity index (χ0) is 14.1. The zero-order valence-electron chi connectivity index (χ0n) is 10.9. The molecule has 0 aliphatic carbocycles. The van der Waals surface area contributed by atoms with Crippen LogP contribution >= 0.6 is 11.3 Å². The van der Waals surface area contributed by atoms with E-state index < -0.39 is 4.92 Å². The highest BCUT2D eigenvalue weighted by molar-refractivity contribution is 7.17. The number of carbonyl (C=O) groups excluding carboxylic acids is 1. The van der Waals surface area contributed by atoms with E-state index in [4.69, 9.17) is 0 Å². The van der Waals surface area contributed by atoms with E-state index in [1.165, 1.54) is 6.07 Å². The molecule has 108 valence electrons. The van der Waals surface area contributed by atoms with E-state index in [2.05, 4.69) is 10.2 Å². The molecule has 0 aromatic carbocycles. The Bertz CT molecular complexity index is 521. The molecule has 0 spiro atoms. The molecule has 1 aromatic heterocycles. The Balaban J connectivity index is 1.55. The molecule has 1 aromatic rings. The van der Waals surface area contributed by atoms with Crippen LogP contribution in [0, 0.1) is 10.1 Å². The fourth-order valence-corrected chi connectivity index (χ4v) is 3.38. The first-order valence-electron chi connectivity index (χ1n) is 6.63. The standard InChI is InChI=1S/C12H16N4O3S/c17-12(10-1-2-11(20-10)16(18)19)15-7-9(8-15)14-5-3-13-4-6-14/h1-2,9,13H,3-8H2. The molecular weight excluding hydrogens is 280 g/mol. The van der Waals surface area contributed by atoms with Crippen molar-refractivity contribution >= 4 is 22.2 Å². The molecule has 2 fully saturated rings. The van der Waals surface area contributed by atoms with Gasteiger partial charge in [-0.05, 0) is 6.07 Å². The second-order valence-electron chi connectivity index (χ2n) is 5.04. The number of hydrogen-bond acceptors (Lipinski definition) is 6. The highest BCUT2D eigenvalue weighted by Gasteiger charge is 2.36. The second kappa shape index (κ2) is 5.47. The van der Waals surface area contributed by atoms with Gasteiger partial charge in [0, 0.05) is 51.4 Å². The summed E-state index contributed by atoms with van der Waals surface area (Å²) in [5.74, 6) is -0.0884. The van der Waals surface area contributed by atoms with Crippen LogP contribution in [0.2, 0.25) is 0 Å². The Morgan fingerprint density at radius 3 is 2.65 bits per heavy atom. The average molecular weight is 296 g/mol. The molecule has 2 aliphatic heterocycles. The maximum Gasteiger partial charge on any atom is 0.324 e. The third kappa shape index (κ3) is 2.54. The Morgan fingerprint density at radius 1 is 1.35 bits per heavy atom. The number of likely N-dealkylation sites (tertiary alicyclic amines) is 1. The first-order valence-corrected chi connectivity index (χ1v) is 7.45. The van der Waals surface area contributed by atoms with E-state index in [1.807, 2.05) is 0 Å². The largest absolute Gasteiger partial charge is 0.335 e. The van der Waals surface area contributed by atoms with Gasteiger partial charge in [0.2, 0.25) is 0 Å². The zero-order valence-corrected chi connectivity index (χ0v) is 11.8. The van der Waals surface area contributed by atoms with Crippen LogP contribution in [-0.4, -0.2) is 65.9 Å². The first kappa shape index (κ1) is 13.5. The molecule has 3 heterocycles. The van der Waals surface area contributed by atoms with Gasteiger partial charge >= 0.3 is 5.00 Å². The highest BCUT2D eigenvalue weighted by atomic mass is 32.1. The molecule has 1 amide bonds. The van der Waals surface area contributed by atoms with Gasteiger partial charge in [-0.25, -0.2) is 0 Å². The Morgan fingerprint density at radius 2 is 2.05 bits per heavy atom. The van der Waals surface area contributed by atoms with Crippen molar-refractivity contribution in [3.8, 4) is 0 Å². The van der Waals surface area contributed by atoms with Crippen LogP contribution in [0.25, 0.3) is 0 Å². The number of nitro groups is 1. The number of rotatable bonds is 3.